The Bertz CT molecular complexity index is 541. The molecule has 4 rings (SSSR count). The lowest BCUT2D eigenvalue weighted by Crippen LogP contribution is -2.42. The van der Waals surface area contributed by atoms with Crippen LogP contribution in [-0.4, -0.2) is 56.0 Å². The predicted octanol–water partition coefficient (Wildman–Crippen LogP) is 0.178. The molecule has 1 amide bonds. The number of rotatable bonds is 3. The molecule has 1 saturated carbocycles. The zero-order valence-corrected chi connectivity index (χ0v) is 13.0. The minimum atomic E-state index is -0.188. The van der Waals surface area contributed by atoms with Gasteiger partial charge in [0.1, 0.15) is 6.04 Å². The number of hydrogen-bond acceptors (Lipinski definition) is 5. The van der Waals surface area contributed by atoms with Crippen LogP contribution in [0.3, 0.4) is 0 Å². The molecule has 1 N–H and O–H groups in total. The van der Waals surface area contributed by atoms with Crippen LogP contribution in [-0.2, 0) is 11.5 Å². The highest BCUT2D eigenvalue weighted by Gasteiger charge is 2.29. The van der Waals surface area contributed by atoms with Gasteiger partial charge in [-0.25, -0.2) is 0 Å². The zero-order valence-electron chi connectivity index (χ0n) is 13.0. The maximum atomic E-state index is 12.0. The van der Waals surface area contributed by atoms with Gasteiger partial charge in [-0.15, -0.1) is 9.59 Å². The number of amides is 1. The zero-order chi connectivity index (χ0) is 15.5. The Kier molecular flexibility index (Phi) is 4.43. The van der Waals surface area contributed by atoms with Gasteiger partial charge in [0.15, 0.2) is 6.67 Å². The third-order valence-corrected chi connectivity index (χ3v) is 4.64. The van der Waals surface area contributed by atoms with E-state index in [-0.39, 0.29) is 11.9 Å². The average molecular weight is 305 g/mol. The van der Waals surface area contributed by atoms with Crippen molar-refractivity contribution in [2.45, 2.75) is 57.8 Å². The van der Waals surface area contributed by atoms with E-state index < -0.39 is 0 Å². The quantitative estimate of drug-likeness (QED) is 0.873. The molecular formula is C14H23N7O. The van der Waals surface area contributed by atoms with E-state index in [2.05, 4.69) is 28.7 Å². The molecule has 0 bridgehead atoms. The summed E-state index contributed by atoms with van der Waals surface area (Å²) < 4.78 is 0. The van der Waals surface area contributed by atoms with E-state index >= 15 is 0 Å². The molecule has 2 fully saturated rings. The van der Waals surface area contributed by atoms with Crippen LogP contribution in [0.1, 0.15) is 39.0 Å². The number of carbonyl (C=O) groups excluding carboxylic acids is 1. The van der Waals surface area contributed by atoms with Crippen LogP contribution in [0, 0.1) is 17.2 Å². The van der Waals surface area contributed by atoms with Gasteiger partial charge in [0.2, 0.25) is 5.91 Å². The van der Waals surface area contributed by atoms with E-state index in [0.717, 1.165) is 32.0 Å². The number of nitrogens with one attached hydrogen (secondary N) is 1. The Morgan fingerprint density at radius 2 is 2.09 bits per heavy atom. The van der Waals surface area contributed by atoms with Crippen molar-refractivity contribution in [1.82, 2.24) is 30.2 Å². The van der Waals surface area contributed by atoms with Crippen LogP contribution < -0.4 is 5.32 Å². The van der Waals surface area contributed by atoms with Gasteiger partial charge in [0.05, 0.1) is 12.6 Å². The van der Waals surface area contributed by atoms with Crippen LogP contribution in [0.2, 0.25) is 0 Å². The van der Waals surface area contributed by atoms with E-state index in [1.54, 1.807) is 14.5 Å². The van der Waals surface area contributed by atoms with Crippen molar-refractivity contribution in [3.8, 4) is 6.07 Å². The van der Waals surface area contributed by atoms with E-state index in [1.165, 1.54) is 19.3 Å². The van der Waals surface area contributed by atoms with Crippen molar-refractivity contribution in [3.05, 3.63) is 0 Å². The van der Waals surface area contributed by atoms with Gasteiger partial charge >= 0.3 is 0 Å². The lowest BCUT2D eigenvalue weighted by Gasteiger charge is -2.21. The van der Waals surface area contributed by atoms with Gasteiger partial charge in [0.25, 0.3) is 0 Å². The standard InChI is InChI=1S/C13H21N3O.CH2N4/c1-10-4-5-11(7-10)15-9-13(17)16-6-2-3-12(16)8-14;1-4-2-3-5(1)4/h10-12,15H,2-7,9H2,1H3;1H2/t10-,11+,12-;/m0./s1. The summed E-state index contributed by atoms with van der Waals surface area (Å²) in [6.45, 7) is 4.32. The molecule has 0 unspecified atom stereocenters. The molecule has 0 spiro atoms. The maximum Gasteiger partial charge on any atom is 0.237 e. The Morgan fingerprint density at radius 1 is 1.32 bits per heavy atom. The lowest BCUT2D eigenvalue weighted by molar-refractivity contribution is -0.130. The van der Waals surface area contributed by atoms with Crippen LogP contribution in [0.5, 0.6) is 0 Å². The molecule has 22 heavy (non-hydrogen) atoms. The number of aromatic nitrogens is 4. The second-order valence-corrected chi connectivity index (χ2v) is 6.44. The van der Waals surface area contributed by atoms with Gasteiger partial charge in [-0.1, -0.05) is 6.92 Å². The Balaban J connectivity index is 0.000000237. The molecule has 1 saturated heterocycles. The summed E-state index contributed by atoms with van der Waals surface area (Å²) >= 11 is 0. The summed E-state index contributed by atoms with van der Waals surface area (Å²) in [6, 6.07) is 2.52. The number of likely N-dealkylation sites (tertiary alicyclic amines) is 1. The first-order valence-corrected chi connectivity index (χ1v) is 8.06. The highest BCUT2D eigenvalue weighted by atomic mass is 16.2. The topological polar surface area (TPSA) is 91.8 Å². The molecule has 2 aliphatic heterocycles. The fourth-order valence-electron chi connectivity index (χ4n) is 3.22. The Hall–Kier alpha value is -1.88. The first kappa shape index (κ1) is 15.0. The van der Waals surface area contributed by atoms with Gasteiger partial charge < -0.3 is 10.2 Å². The third kappa shape index (κ3) is 3.47. The number of fused-ring (bicyclic) bond motifs is 1. The minimum Gasteiger partial charge on any atom is -0.326 e. The van der Waals surface area contributed by atoms with Crippen molar-refractivity contribution in [3.63, 3.8) is 0 Å². The van der Waals surface area contributed by atoms with Crippen molar-refractivity contribution < 1.29 is 4.79 Å². The van der Waals surface area contributed by atoms with Crippen LogP contribution in [0.25, 0.3) is 0 Å². The summed E-state index contributed by atoms with van der Waals surface area (Å²) in [4.78, 5) is 17.2. The van der Waals surface area contributed by atoms with Gasteiger partial charge in [0, 0.05) is 12.6 Å². The largest absolute Gasteiger partial charge is 0.326 e. The monoisotopic (exact) mass is 305 g/mol. The molecule has 3 aliphatic rings. The fourth-order valence-corrected chi connectivity index (χ4v) is 3.22. The smallest absolute Gasteiger partial charge is 0.237 e. The fraction of sp³-hybridized carbons (Fsp3) is 0.857. The van der Waals surface area contributed by atoms with Crippen molar-refractivity contribution >= 4 is 5.91 Å². The number of hydrogen-bond donors (Lipinski definition) is 1. The molecule has 8 nitrogen and oxygen atoms in total. The van der Waals surface area contributed by atoms with E-state index in [0.29, 0.717) is 12.6 Å². The molecule has 120 valence electrons. The van der Waals surface area contributed by atoms with Crippen molar-refractivity contribution in [2.75, 3.05) is 13.1 Å². The number of nitriles is 1. The summed E-state index contributed by atoms with van der Waals surface area (Å²) in [7, 11) is 0. The van der Waals surface area contributed by atoms with Crippen LogP contribution in [0.4, 0.5) is 0 Å². The molecular weight excluding hydrogens is 282 g/mol. The van der Waals surface area contributed by atoms with Crippen LogP contribution >= 0.6 is 0 Å². The average Bonchev–Trinajstić information content (AvgIpc) is 2.94. The highest BCUT2D eigenvalue weighted by Crippen LogP contribution is 2.24. The molecule has 1 aromatic heterocycles. The van der Waals surface area contributed by atoms with Gasteiger partial charge in [-0.3, -0.25) is 4.79 Å². The van der Waals surface area contributed by atoms with Gasteiger partial charge in [-0.2, -0.15) is 5.26 Å². The maximum absolute atomic E-state index is 12.0. The van der Waals surface area contributed by atoms with E-state index in [1.807, 2.05) is 0 Å². The first-order chi connectivity index (χ1) is 10.7. The number of carbonyl (C=O) groups is 1. The molecule has 1 aromatic rings. The summed E-state index contributed by atoms with van der Waals surface area (Å²) in [5, 5.41) is 19.3. The molecule has 3 heterocycles. The number of nitrogens with zero attached hydrogens (tertiary/aromatic N) is 6. The summed E-state index contributed by atoms with van der Waals surface area (Å²) in [6.07, 6.45) is 5.41. The van der Waals surface area contributed by atoms with E-state index in [4.69, 9.17) is 5.26 Å². The second-order valence-electron chi connectivity index (χ2n) is 6.44. The molecule has 0 aromatic carbocycles. The van der Waals surface area contributed by atoms with Crippen molar-refractivity contribution in [2.24, 2.45) is 5.92 Å². The van der Waals surface area contributed by atoms with E-state index in [9.17, 15) is 4.79 Å². The molecule has 1 aliphatic carbocycles. The summed E-state index contributed by atoms with van der Waals surface area (Å²) in [5.74, 6) is 0.870. The molecule has 0 radical (unpaired) electrons. The molecule has 8 heteroatoms. The predicted molar refractivity (Wildman–Crippen MR) is 78.6 cm³/mol. The van der Waals surface area contributed by atoms with Crippen molar-refractivity contribution in [1.29, 1.82) is 5.26 Å². The summed E-state index contributed by atoms with van der Waals surface area (Å²) in [5.41, 5.74) is 0. The van der Waals surface area contributed by atoms with Crippen LogP contribution in [0.15, 0.2) is 0 Å². The van der Waals surface area contributed by atoms with Gasteiger partial charge in [-0.05, 0) is 48.4 Å². The highest BCUT2D eigenvalue weighted by molar-refractivity contribution is 5.79. The third-order valence-electron chi connectivity index (χ3n) is 4.64. The first-order valence-electron chi connectivity index (χ1n) is 8.06. The Labute approximate surface area is 130 Å². The normalized spacial score (nSPS) is 28.7. The minimum absolute atomic E-state index is 0.0913. The SMILES string of the molecule is C1n2nnn21.C[C@H]1CC[C@@H](NCC(=O)N2CCC[C@H]2C#N)C1. The Morgan fingerprint density at radius 3 is 2.59 bits per heavy atom. The lowest BCUT2D eigenvalue weighted by atomic mass is 10.1. The second kappa shape index (κ2) is 6.48. The molecule has 3 atom stereocenters.